The average Bonchev–Trinajstić information content (AvgIpc) is 2.51. The van der Waals surface area contributed by atoms with E-state index < -0.39 is 0 Å². The van der Waals surface area contributed by atoms with Crippen LogP contribution in [0.15, 0.2) is 34.4 Å². The Morgan fingerprint density at radius 1 is 1.24 bits per heavy atom. The average molecular weight is 305 g/mol. The van der Waals surface area contributed by atoms with Crippen molar-refractivity contribution in [2.24, 2.45) is 16.0 Å². The molecule has 3 rings (SSSR count). The van der Waals surface area contributed by atoms with E-state index in [9.17, 15) is 4.39 Å². The van der Waals surface area contributed by atoms with Gasteiger partial charge in [-0.25, -0.2) is 4.39 Å². The number of rotatable bonds is 2. The molecule has 112 valence electrons. The highest BCUT2D eigenvalue weighted by Crippen LogP contribution is 2.27. The Morgan fingerprint density at radius 3 is 2.67 bits per heavy atom. The maximum atomic E-state index is 12.9. The number of benzene rings is 1. The van der Waals surface area contributed by atoms with Crippen LogP contribution in [0.2, 0.25) is 0 Å². The van der Waals surface area contributed by atoms with Crippen molar-refractivity contribution < 1.29 is 4.39 Å². The van der Waals surface area contributed by atoms with Gasteiger partial charge < -0.3 is 0 Å². The van der Waals surface area contributed by atoms with Gasteiger partial charge in [-0.2, -0.15) is 5.10 Å². The lowest BCUT2D eigenvalue weighted by Crippen LogP contribution is -2.29. The molecule has 1 fully saturated rings. The van der Waals surface area contributed by atoms with Crippen molar-refractivity contribution in [3.8, 4) is 0 Å². The van der Waals surface area contributed by atoms with Crippen molar-refractivity contribution in [1.29, 1.82) is 0 Å². The second-order valence-corrected chi connectivity index (χ2v) is 6.69. The van der Waals surface area contributed by atoms with Gasteiger partial charge in [-0.3, -0.25) is 10.4 Å². The van der Waals surface area contributed by atoms with E-state index in [4.69, 9.17) is 4.99 Å². The predicted octanol–water partition coefficient (Wildman–Crippen LogP) is 3.80. The van der Waals surface area contributed by atoms with Crippen LogP contribution in [0.5, 0.6) is 0 Å². The van der Waals surface area contributed by atoms with Crippen LogP contribution in [0.4, 0.5) is 4.39 Å². The third kappa shape index (κ3) is 3.64. The Morgan fingerprint density at radius 2 is 2.00 bits per heavy atom. The zero-order valence-corrected chi connectivity index (χ0v) is 13.0. The highest BCUT2D eigenvalue weighted by atomic mass is 32.2. The van der Waals surface area contributed by atoms with E-state index in [1.807, 2.05) is 0 Å². The van der Waals surface area contributed by atoms with Crippen molar-refractivity contribution in [1.82, 2.24) is 5.43 Å². The van der Waals surface area contributed by atoms with Crippen LogP contribution in [-0.2, 0) is 0 Å². The summed E-state index contributed by atoms with van der Waals surface area (Å²) in [5.41, 5.74) is 4.96. The monoisotopic (exact) mass is 305 g/mol. The van der Waals surface area contributed by atoms with Crippen LogP contribution in [0.3, 0.4) is 0 Å². The summed E-state index contributed by atoms with van der Waals surface area (Å²) in [4.78, 5) is 4.82. The quantitative estimate of drug-likeness (QED) is 0.902. The molecule has 1 aliphatic heterocycles. The Bertz CT molecular complexity index is 553. The topological polar surface area (TPSA) is 36.8 Å². The van der Waals surface area contributed by atoms with Crippen LogP contribution < -0.4 is 5.43 Å². The number of aliphatic imine (C=N–C) groups is 1. The molecule has 2 atom stereocenters. The number of thioether (sulfide) groups is 1. The molecule has 1 N–H and O–H groups in total. The van der Waals surface area contributed by atoms with Crippen LogP contribution in [0.1, 0.15) is 38.2 Å². The van der Waals surface area contributed by atoms with Gasteiger partial charge in [0.1, 0.15) is 5.82 Å². The molecule has 0 aromatic heterocycles. The zero-order chi connectivity index (χ0) is 14.7. The lowest BCUT2D eigenvalue weighted by atomic mass is 9.86. The first-order valence-corrected chi connectivity index (χ1v) is 8.50. The zero-order valence-electron chi connectivity index (χ0n) is 12.2. The summed E-state index contributed by atoms with van der Waals surface area (Å²) in [6.45, 7) is 2.29. The number of nitrogens with zero attached hydrogens (tertiary/aromatic N) is 2. The second kappa shape index (κ2) is 6.60. The summed E-state index contributed by atoms with van der Waals surface area (Å²) in [6, 6.07) is 6.89. The first-order valence-electron chi connectivity index (χ1n) is 7.51. The molecule has 21 heavy (non-hydrogen) atoms. The van der Waals surface area contributed by atoms with E-state index in [0.717, 1.165) is 22.2 Å². The van der Waals surface area contributed by atoms with E-state index in [-0.39, 0.29) is 5.82 Å². The lowest BCUT2D eigenvalue weighted by Gasteiger charge is -2.26. The SMILES string of the molecule is C[C@@H]1CCCC[C@H]1N=C1NN=C(c2ccc(F)cc2)CS1. The van der Waals surface area contributed by atoms with Gasteiger partial charge in [0.05, 0.1) is 11.8 Å². The van der Waals surface area contributed by atoms with Gasteiger partial charge in [0, 0.05) is 5.75 Å². The molecule has 0 unspecified atom stereocenters. The van der Waals surface area contributed by atoms with Gasteiger partial charge >= 0.3 is 0 Å². The summed E-state index contributed by atoms with van der Waals surface area (Å²) in [6.07, 6.45) is 5.06. The van der Waals surface area contributed by atoms with E-state index in [1.165, 1.54) is 37.8 Å². The number of hydrogen-bond donors (Lipinski definition) is 1. The highest BCUT2D eigenvalue weighted by molar-refractivity contribution is 8.14. The Balaban J connectivity index is 1.67. The number of halogens is 1. The Hall–Kier alpha value is -1.36. The number of hydrazone groups is 1. The summed E-state index contributed by atoms with van der Waals surface area (Å²) in [5, 5.41) is 5.31. The van der Waals surface area contributed by atoms with Crippen molar-refractivity contribution >= 4 is 22.6 Å². The maximum absolute atomic E-state index is 12.9. The third-order valence-corrected chi connectivity index (χ3v) is 5.05. The Kier molecular flexibility index (Phi) is 4.58. The first kappa shape index (κ1) is 14.6. The molecule has 1 aromatic rings. The molecule has 1 heterocycles. The maximum Gasteiger partial charge on any atom is 0.177 e. The van der Waals surface area contributed by atoms with E-state index >= 15 is 0 Å². The summed E-state index contributed by atoms with van der Waals surface area (Å²) in [5.74, 6) is 1.22. The number of hydrogen-bond acceptors (Lipinski definition) is 3. The second-order valence-electron chi connectivity index (χ2n) is 5.73. The minimum Gasteiger partial charge on any atom is -0.258 e. The molecular formula is C16H20FN3S. The van der Waals surface area contributed by atoms with E-state index in [1.54, 1.807) is 23.9 Å². The minimum absolute atomic E-state index is 0.218. The van der Waals surface area contributed by atoms with Crippen molar-refractivity contribution in [3.63, 3.8) is 0 Å². The largest absolute Gasteiger partial charge is 0.258 e. The van der Waals surface area contributed by atoms with E-state index in [2.05, 4.69) is 17.5 Å². The van der Waals surface area contributed by atoms with Crippen LogP contribution in [-0.4, -0.2) is 22.7 Å². The number of nitrogens with one attached hydrogen (secondary N) is 1. The molecule has 2 aliphatic rings. The molecule has 5 heteroatoms. The van der Waals surface area contributed by atoms with Gasteiger partial charge in [0.15, 0.2) is 5.17 Å². The van der Waals surface area contributed by atoms with Crippen LogP contribution in [0.25, 0.3) is 0 Å². The molecule has 0 radical (unpaired) electrons. The predicted molar refractivity (Wildman–Crippen MR) is 87.4 cm³/mol. The molecule has 0 bridgehead atoms. The van der Waals surface area contributed by atoms with Crippen LogP contribution >= 0.6 is 11.8 Å². The van der Waals surface area contributed by atoms with Gasteiger partial charge in [0.25, 0.3) is 0 Å². The highest BCUT2D eigenvalue weighted by Gasteiger charge is 2.22. The molecule has 1 aromatic carbocycles. The fraction of sp³-hybridized carbons (Fsp3) is 0.500. The molecule has 0 spiro atoms. The number of amidine groups is 1. The van der Waals surface area contributed by atoms with E-state index in [0.29, 0.717) is 12.0 Å². The third-order valence-electron chi connectivity index (χ3n) is 4.16. The lowest BCUT2D eigenvalue weighted by molar-refractivity contribution is 0.333. The van der Waals surface area contributed by atoms with Gasteiger partial charge in [-0.05, 0) is 36.5 Å². The summed E-state index contributed by atoms with van der Waals surface area (Å²) >= 11 is 1.68. The summed E-state index contributed by atoms with van der Waals surface area (Å²) in [7, 11) is 0. The standard InChI is InChI=1S/C16H20FN3S/c1-11-4-2-3-5-14(11)18-16-20-19-15(10-21-16)12-6-8-13(17)9-7-12/h6-9,11,14H,2-5,10H2,1H3,(H,18,20)/t11-,14-/m1/s1. The summed E-state index contributed by atoms with van der Waals surface area (Å²) < 4.78 is 12.9. The molecule has 3 nitrogen and oxygen atoms in total. The molecule has 0 saturated heterocycles. The van der Waals surface area contributed by atoms with Gasteiger partial charge in [-0.1, -0.05) is 43.7 Å². The fourth-order valence-electron chi connectivity index (χ4n) is 2.81. The van der Waals surface area contributed by atoms with Crippen molar-refractivity contribution in [2.75, 3.05) is 5.75 Å². The molecule has 0 amide bonds. The smallest absolute Gasteiger partial charge is 0.177 e. The molecule has 1 aliphatic carbocycles. The van der Waals surface area contributed by atoms with Gasteiger partial charge in [0.2, 0.25) is 0 Å². The molecular weight excluding hydrogens is 285 g/mol. The minimum atomic E-state index is -0.218. The normalized spacial score (nSPS) is 28.1. The van der Waals surface area contributed by atoms with Crippen molar-refractivity contribution in [2.45, 2.75) is 38.6 Å². The molecule has 1 saturated carbocycles. The Labute approximate surface area is 129 Å². The van der Waals surface area contributed by atoms with Crippen LogP contribution in [0, 0.1) is 11.7 Å². The van der Waals surface area contributed by atoms with Gasteiger partial charge in [-0.15, -0.1) is 0 Å². The van der Waals surface area contributed by atoms with Crippen molar-refractivity contribution in [3.05, 3.63) is 35.6 Å². The first-order chi connectivity index (χ1) is 10.2. The fourth-order valence-corrected chi connectivity index (χ4v) is 3.64.